The molecule has 4 rings (SSSR count). The molecule has 1 fully saturated rings. The number of aryl methyl sites for hydroxylation is 2. The first-order chi connectivity index (χ1) is 16.0. The molecule has 176 valence electrons. The van der Waals surface area contributed by atoms with Gasteiger partial charge in [-0.25, -0.2) is 4.68 Å². The monoisotopic (exact) mass is 466 g/mol. The minimum Gasteiger partial charge on any atom is -0.354 e. The smallest absolute Gasteiger partial charge is 0.276 e. The van der Waals surface area contributed by atoms with Gasteiger partial charge >= 0.3 is 0 Å². The molecule has 1 saturated carbocycles. The average molecular weight is 467 g/mol. The first-order valence-corrected chi connectivity index (χ1v) is 13.1. The largest absolute Gasteiger partial charge is 0.354 e. The summed E-state index contributed by atoms with van der Waals surface area (Å²) in [6.45, 7) is 5.27. The SMILES string of the molecule is Cc1c2cnn(CC(=O)NCCCSC3CCCCC3)c(=O)c2c(C)n1Cc1ccccc1. The van der Waals surface area contributed by atoms with Crippen LogP contribution in [-0.2, 0) is 17.9 Å². The van der Waals surface area contributed by atoms with E-state index in [9.17, 15) is 9.59 Å². The molecule has 0 saturated heterocycles. The van der Waals surface area contributed by atoms with E-state index in [4.69, 9.17) is 0 Å². The van der Waals surface area contributed by atoms with Gasteiger partial charge in [0.05, 0.1) is 11.6 Å². The van der Waals surface area contributed by atoms with E-state index in [-0.39, 0.29) is 18.0 Å². The lowest BCUT2D eigenvalue weighted by molar-refractivity contribution is -0.121. The Labute approximate surface area is 199 Å². The minimum absolute atomic E-state index is 0.0487. The number of nitrogens with zero attached hydrogens (tertiary/aromatic N) is 3. The third-order valence-electron chi connectivity index (χ3n) is 6.63. The lowest BCUT2D eigenvalue weighted by Gasteiger charge is -2.20. The molecule has 1 amide bonds. The molecule has 7 heteroatoms. The van der Waals surface area contributed by atoms with E-state index >= 15 is 0 Å². The van der Waals surface area contributed by atoms with Crippen molar-refractivity contribution in [3.8, 4) is 0 Å². The third kappa shape index (κ3) is 5.69. The number of amides is 1. The highest BCUT2D eigenvalue weighted by atomic mass is 32.2. The van der Waals surface area contributed by atoms with E-state index in [1.807, 2.05) is 43.8 Å². The van der Waals surface area contributed by atoms with Crippen LogP contribution in [0.2, 0.25) is 0 Å². The Balaban J connectivity index is 1.37. The van der Waals surface area contributed by atoms with Crippen molar-refractivity contribution in [2.75, 3.05) is 12.3 Å². The van der Waals surface area contributed by atoms with E-state index in [0.29, 0.717) is 18.5 Å². The molecule has 6 nitrogen and oxygen atoms in total. The molecule has 1 aliphatic rings. The molecular formula is C26H34N4O2S. The van der Waals surface area contributed by atoms with Crippen molar-refractivity contribution in [2.45, 2.75) is 70.7 Å². The number of nitrogens with one attached hydrogen (secondary N) is 1. The maximum atomic E-state index is 13.2. The van der Waals surface area contributed by atoms with Crippen molar-refractivity contribution in [2.24, 2.45) is 0 Å². The third-order valence-corrected chi connectivity index (χ3v) is 8.10. The summed E-state index contributed by atoms with van der Waals surface area (Å²) < 4.78 is 3.44. The normalized spacial score (nSPS) is 14.6. The number of aromatic nitrogens is 3. The molecular weight excluding hydrogens is 432 g/mol. The summed E-state index contributed by atoms with van der Waals surface area (Å²) in [6.07, 6.45) is 9.43. The van der Waals surface area contributed by atoms with Crippen LogP contribution >= 0.6 is 11.8 Å². The van der Waals surface area contributed by atoms with E-state index in [0.717, 1.165) is 34.2 Å². The van der Waals surface area contributed by atoms with Crippen LogP contribution in [0.1, 0.15) is 55.5 Å². The molecule has 1 aliphatic carbocycles. The maximum Gasteiger partial charge on any atom is 0.276 e. The second-order valence-electron chi connectivity index (χ2n) is 8.97. The zero-order valence-electron chi connectivity index (χ0n) is 19.7. The van der Waals surface area contributed by atoms with E-state index in [2.05, 4.69) is 27.1 Å². The second kappa shape index (κ2) is 11.1. The van der Waals surface area contributed by atoms with Gasteiger partial charge in [0.15, 0.2) is 0 Å². The Morgan fingerprint density at radius 1 is 1.12 bits per heavy atom. The fourth-order valence-corrected chi connectivity index (χ4v) is 6.05. The van der Waals surface area contributed by atoms with Gasteiger partial charge in [-0.3, -0.25) is 9.59 Å². The van der Waals surface area contributed by atoms with Gasteiger partial charge in [-0.05, 0) is 44.4 Å². The van der Waals surface area contributed by atoms with Crippen LogP contribution in [0, 0.1) is 13.8 Å². The average Bonchev–Trinajstić information content (AvgIpc) is 3.07. The van der Waals surface area contributed by atoms with Crippen molar-refractivity contribution in [1.82, 2.24) is 19.7 Å². The van der Waals surface area contributed by atoms with Gasteiger partial charge in [-0.1, -0.05) is 49.6 Å². The number of rotatable bonds is 9. The van der Waals surface area contributed by atoms with E-state index in [1.165, 1.54) is 42.3 Å². The molecule has 3 aromatic rings. The molecule has 33 heavy (non-hydrogen) atoms. The summed E-state index contributed by atoms with van der Waals surface area (Å²) in [6, 6.07) is 10.2. The quantitative estimate of drug-likeness (QED) is 0.474. The van der Waals surface area contributed by atoms with Gasteiger partial charge in [0.1, 0.15) is 6.54 Å². The fraction of sp³-hybridized carbons (Fsp3) is 0.500. The highest BCUT2D eigenvalue weighted by molar-refractivity contribution is 7.99. The Hall–Kier alpha value is -2.54. The summed E-state index contributed by atoms with van der Waals surface area (Å²) in [5, 5.41) is 9.55. The summed E-state index contributed by atoms with van der Waals surface area (Å²) in [4.78, 5) is 25.6. The fourth-order valence-electron chi connectivity index (χ4n) is 4.73. The Morgan fingerprint density at radius 3 is 2.64 bits per heavy atom. The lowest BCUT2D eigenvalue weighted by atomic mass is 10.0. The first-order valence-electron chi connectivity index (χ1n) is 12.0. The Bertz CT molecular complexity index is 1150. The van der Waals surface area contributed by atoms with Crippen LogP contribution in [0.3, 0.4) is 0 Å². The number of benzene rings is 1. The van der Waals surface area contributed by atoms with Crippen molar-refractivity contribution in [3.05, 3.63) is 63.8 Å². The van der Waals surface area contributed by atoms with Crippen LogP contribution in [0.4, 0.5) is 0 Å². The van der Waals surface area contributed by atoms with Gasteiger partial charge in [0, 0.05) is 35.1 Å². The van der Waals surface area contributed by atoms with Crippen molar-refractivity contribution >= 4 is 28.4 Å². The topological polar surface area (TPSA) is 68.9 Å². The van der Waals surface area contributed by atoms with Crippen LogP contribution in [-0.4, -0.2) is 37.8 Å². The molecule has 0 spiro atoms. The van der Waals surface area contributed by atoms with Gasteiger partial charge < -0.3 is 9.88 Å². The highest BCUT2D eigenvalue weighted by Crippen LogP contribution is 2.28. The number of hydrogen-bond acceptors (Lipinski definition) is 4. The zero-order valence-corrected chi connectivity index (χ0v) is 20.5. The number of carbonyl (C=O) groups excluding carboxylic acids is 1. The Kier molecular flexibility index (Phi) is 7.91. The molecule has 2 heterocycles. The molecule has 0 bridgehead atoms. The van der Waals surface area contributed by atoms with Crippen LogP contribution in [0.15, 0.2) is 41.3 Å². The van der Waals surface area contributed by atoms with Crippen molar-refractivity contribution < 1.29 is 4.79 Å². The van der Waals surface area contributed by atoms with Crippen molar-refractivity contribution in [1.29, 1.82) is 0 Å². The maximum absolute atomic E-state index is 13.2. The Morgan fingerprint density at radius 2 is 1.88 bits per heavy atom. The van der Waals surface area contributed by atoms with Crippen LogP contribution < -0.4 is 10.9 Å². The molecule has 1 N–H and O–H groups in total. The van der Waals surface area contributed by atoms with E-state index in [1.54, 1.807) is 6.20 Å². The molecule has 0 radical (unpaired) electrons. The lowest BCUT2D eigenvalue weighted by Crippen LogP contribution is -2.34. The summed E-state index contributed by atoms with van der Waals surface area (Å²) in [5.74, 6) is 0.910. The van der Waals surface area contributed by atoms with Gasteiger partial charge in [0.25, 0.3) is 5.56 Å². The molecule has 0 atom stereocenters. The summed E-state index contributed by atoms with van der Waals surface area (Å²) in [7, 11) is 0. The van der Waals surface area contributed by atoms with Crippen LogP contribution in [0.25, 0.3) is 10.8 Å². The van der Waals surface area contributed by atoms with E-state index < -0.39 is 0 Å². The summed E-state index contributed by atoms with van der Waals surface area (Å²) >= 11 is 2.04. The summed E-state index contributed by atoms with van der Waals surface area (Å²) in [5.41, 5.74) is 2.90. The highest BCUT2D eigenvalue weighted by Gasteiger charge is 2.17. The predicted molar refractivity (Wildman–Crippen MR) is 136 cm³/mol. The number of carbonyl (C=O) groups is 1. The molecule has 0 unspecified atom stereocenters. The second-order valence-corrected chi connectivity index (χ2v) is 10.4. The van der Waals surface area contributed by atoms with Crippen molar-refractivity contribution in [3.63, 3.8) is 0 Å². The minimum atomic E-state index is -0.206. The van der Waals surface area contributed by atoms with Crippen LogP contribution in [0.5, 0.6) is 0 Å². The van der Waals surface area contributed by atoms with Gasteiger partial charge in [-0.15, -0.1) is 0 Å². The number of thioether (sulfide) groups is 1. The predicted octanol–water partition coefficient (Wildman–Crippen LogP) is 4.44. The molecule has 2 aromatic heterocycles. The number of hydrogen-bond donors (Lipinski definition) is 1. The zero-order chi connectivity index (χ0) is 23.2. The van der Waals surface area contributed by atoms with Gasteiger partial charge in [-0.2, -0.15) is 16.9 Å². The molecule has 0 aliphatic heterocycles. The standard InChI is InChI=1S/C26H34N4O2S/c1-19-23-16-28-30(18-24(31)27-14-9-15-33-22-12-7-4-8-13-22)26(32)25(23)20(2)29(19)17-21-10-5-3-6-11-21/h3,5-6,10-11,16,22H,4,7-9,12-15,17-18H2,1-2H3,(H,27,31). The molecule has 1 aromatic carbocycles. The first kappa shape index (κ1) is 23.6. The van der Waals surface area contributed by atoms with Gasteiger partial charge in [0.2, 0.25) is 5.91 Å². The number of fused-ring (bicyclic) bond motifs is 1.